The fraction of sp³-hybridized carbons (Fsp3) is 0.158. The van der Waals surface area contributed by atoms with E-state index in [-0.39, 0.29) is 29.1 Å². The lowest BCUT2D eigenvalue weighted by Crippen LogP contribution is -2.24. The van der Waals surface area contributed by atoms with Gasteiger partial charge < -0.3 is 15.2 Å². The van der Waals surface area contributed by atoms with Crippen LogP contribution < -0.4 is 10.6 Å². The summed E-state index contributed by atoms with van der Waals surface area (Å²) < 4.78 is 1.71. The number of aromatic nitrogens is 3. The van der Waals surface area contributed by atoms with Crippen molar-refractivity contribution in [1.82, 2.24) is 20.1 Å². The molecule has 0 spiro atoms. The summed E-state index contributed by atoms with van der Waals surface area (Å²) in [4.78, 5) is 24.5. The van der Waals surface area contributed by atoms with Gasteiger partial charge in [0.25, 0.3) is 5.91 Å². The number of carbonyl (C=O) groups excluding carboxylic acids is 2. The monoisotopic (exact) mass is 483 g/mol. The van der Waals surface area contributed by atoms with E-state index in [4.69, 9.17) is 34.8 Å². The zero-order valence-electron chi connectivity index (χ0n) is 15.7. The van der Waals surface area contributed by atoms with Crippen molar-refractivity contribution in [3.05, 3.63) is 68.9 Å². The van der Waals surface area contributed by atoms with Crippen molar-refractivity contribution in [2.75, 3.05) is 11.1 Å². The third-order valence-corrected chi connectivity index (χ3v) is 5.89. The highest BCUT2D eigenvalue weighted by molar-refractivity contribution is 7.99. The van der Waals surface area contributed by atoms with E-state index in [1.165, 1.54) is 17.8 Å². The van der Waals surface area contributed by atoms with Crippen LogP contribution in [0.4, 0.5) is 5.69 Å². The highest BCUT2D eigenvalue weighted by Gasteiger charge is 2.15. The predicted molar refractivity (Wildman–Crippen MR) is 119 cm³/mol. The van der Waals surface area contributed by atoms with Crippen molar-refractivity contribution in [1.29, 1.82) is 0 Å². The van der Waals surface area contributed by atoms with Gasteiger partial charge in [-0.1, -0.05) is 58.7 Å². The van der Waals surface area contributed by atoms with Gasteiger partial charge in [-0.25, -0.2) is 0 Å². The molecule has 0 saturated carbocycles. The lowest BCUT2D eigenvalue weighted by atomic mass is 10.2. The van der Waals surface area contributed by atoms with Crippen molar-refractivity contribution in [3.8, 4) is 0 Å². The van der Waals surface area contributed by atoms with Gasteiger partial charge in [-0.05, 0) is 30.3 Å². The Hall–Kier alpha value is -2.26. The summed E-state index contributed by atoms with van der Waals surface area (Å²) in [7, 11) is 1.76. The van der Waals surface area contributed by atoms with E-state index >= 15 is 0 Å². The van der Waals surface area contributed by atoms with Crippen LogP contribution in [0.15, 0.2) is 47.6 Å². The van der Waals surface area contributed by atoms with Gasteiger partial charge in [-0.3, -0.25) is 9.59 Å². The number of halogens is 3. The maximum absolute atomic E-state index is 12.3. The summed E-state index contributed by atoms with van der Waals surface area (Å²) in [5, 5.41) is 15.3. The Bertz CT molecular complexity index is 1090. The molecule has 2 amide bonds. The normalized spacial score (nSPS) is 10.7. The third kappa shape index (κ3) is 5.66. The largest absolute Gasteiger partial charge is 0.345 e. The molecule has 0 fully saturated rings. The molecular formula is C19H16Cl3N5O2S. The molecule has 1 aromatic heterocycles. The highest BCUT2D eigenvalue weighted by Crippen LogP contribution is 2.22. The summed E-state index contributed by atoms with van der Waals surface area (Å²) >= 11 is 19.2. The van der Waals surface area contributed by atoms with Crippen LogP contribution in [0.3, 0.4) is 0 Å². The number of nitrogens with zero attached hydrogens (tertiary/aromatic N) is 3. The van der Waals surface area contributed by atoms with E-state index < -0.39 is 0 Å². The summed E-state index contributed by atoms with van der Waals surface area (Å²) in [5.41, 5.74) is 0.862. The first-order valence-electron chi connectivity index (χ1n) is 8.64. The van der Waals surface area contributed by atoms with Gasteiger partial charge in [0.05, 0.1) is 33.6 Å². The van der Waals surface area contributed by atoms with E-state index in [0.29, 0.717) is 32.3 Å². The van der Waals surface area contributed by atoms with Crippen LogP contribution >= 0.6 is 46.6 Å². The fourth-order valence-corrected chi connectivity index (χ4v) is 3.84. The molecule has 0 aliphatic carbocycles. The number of amides is 2. The third-order valence-electron chi connectivity index (χ3n) is 3.99. The van der Waals surface area contributed by atoms with Crippen molar-refractivity contribution in [2.45, 2.75) is 11.7 Å². The molecule has 3 rings (SSSR count). The minimum Gasteiger partial charge on any atom is -0.345 e. The van der Waals surface area contributed by atoms with Crippen LogP contribution in [0.1, 0.15) is 16.2 Å². The van der Waals surface area contributed by atoms with Crippen molar-refractivity contribution >= 4 is 64.1 Å². The van der Waals surface area contributed by atoms with E-state index in [1.54, 1.807) is 48.0 Å². The quantitative estimate of drug-likeness (QED) is 0.484. The highest BCUT2D eigenvalue weighted by atomic mass is 35.5. The van der Waals surface area contributed by atoms with Crippen LogP contribution in [-0.4, -0.2) is 32.3 Å². The second kappa shape index (κ2) is 10.2. The molecular weight excluding hydrogens is 469 g/mol. The van der Waals surface area contributed by atoms with E-state index in [9.17, 15) is 9.59 Å². The number of hydrogen-bond donors (Lipinski definition) is 2. The Morgan fingerprint density at radius 3 is 2.57 bits per heavy atom. The Kier molecular flexibility index (Phi) is 7.60. The molecule has 0 bridgehead atoms. The van der Waals surface area contributed by atoms with Gasteiger partial charge in [0.1, 0.15) is 0 Å². The van der Waals surface area contributed by atoms with Gasteiger partial charge in [0, 0.05) is 12.1 Å². The molecule has 0 radical (unpaired) electrons. The first-order chi connectivity index (χ1) is 14.3. The summed E-state index contributed by atoms with van der Waals surface area (Å²) in [6.45, 7) is 0.146. The number of nitrogens with one attached hydrogen (secondary N) is 2. The smallest absolute Gasteiger partial charge is 0.253 e. The molecule has 0 atom stereocenters. The van der Waals surface area contributed by atoms with Gasteiger partial charge in [0.15, 0.2) is 11.0 Å². The first-order valence-corrected chi connectivity index (χ1v) is 10.8. The Morgan fingerprint density at radius 2 is 1.83 bits per heavy atom. The van der Waals surface area contributed by atoms with Crippen molar-refractivity contribution in [2.24, 2.45) is 7.05 Å². The van der Waals surface area contributed by atoms with Crippen LogP contribution in [-0.2, 0) is 18.4 Å². The summed E-state index contributed by atoms with van der Waals surface area (Å²) in [5.74, 6) is 0.0861. The predicted octanol–water partition coefficient (Wildman–Crippen LogP) is 4.44. The van der Waals surface area contributed by atoms with Crippen LogP contribution in [0.25, 0.3) is 0 Å². The number of benzene rings is 2. The Balaban J connectivity index is 1.54. The number of rotatable bonds is 7. The zero-order chi connectivity index (χ0) is 21.7. The Morgan fingerprint density at radius 1 is 1.07 bits per heavy atom. The number of anilines is 1. The topological polar surface area (TPSA) is 88.9 Å². The molecule has 156 valence electrons. The summed E-state index contributed by atoms with van der Waals surface area (Å²) in [6.07, 6.45) is 0. The average Bonchev–Trinajstić information content (AvgIpc) is 3.06. The molecule has 0 aliphatic heterocycles. The Labute approximate surface area is 192 Å². The maximum Gasteiger partial charge on any atom is 0.253 e. The molecule has 2 aromatic carbocycles. The number of carbonyl (C=O) groups is 2. The second-order valence-corrected chi connectivity index (χ2v) is 8.27. The molecule has 0 unspecified atom stereocenters. The maximum atomic E-state index is 12.3. The van der Waals surface area contributed by atoms with Crippen LogP contribution in [0.2, 0.25) is 15.1 Å². The fourth-order valence-electron chi connectivity index (χ4n) is 2.43. The summed E-state index contributed by atoms with van der Waals surface area (Å²) in [6, 6.07) is 11.6. The minimum absolute atomic E-state index is 0.129. The minimum atomic E-state index is -0.354. The molecule has 1 heterocycles. The van der Waals surface area contributed by atoms with Crippen molar-refractivity contribution < 1.29 is 9.59 Å². The van der Waals surface area contributed by atoms with Gasteiger partial charge in [-0.2, -0.15) is 0 Å². The van der Waals surface area contributed by atoms with E-state index in [0.717, 1.165) is 0 Å². The number of thioether (sulfide) groups is 1. The van der Waals surface area contributed by atoms with Crippen LogP contribution in [0, 0.1) is 0 Å². The second-order valence-electron chi connectivity index (χ2n) is 6.08. The van der Waals surface area contributed by atoms with E-state index in [2.05, 4.69) is 20.8 Å². The standard InChI is InChI=1S/C19H16Cl3N5O2S/c1-27-16(9-23-18(29)12-7-6-11(20)8-14(12)22)25-26-19(27)30-10-17(28)24-15-5-3-2-4-13(15)21/h2-8H,9-10H2,1H3,(H,23,29)(H,24,28). The van der Waals surface area contributed by atoms with Crippen LogP contribution in [0.5, 0.6) is 0 Å². The molecule has 7 nitrogen and oxygen atoms in total. The lowest BCUT2D eigenvalue weighted by molar-refractivity contribution is -0.113. The van der Waals surface area contributed by atoms with Gasteiger partial charge in [0.2, 0.25) is 5.91 Å². The lowest BCUT2D eigenvalue weighted by Gasteiger charge is -2.08. The average molecular weight is 485 g/mol. The molecule has 0 aliphatic rings. The molecule has 2 N–H and O–H groups in total. The van der Waals surface area contributed by atoms with Gasteiger partial charge in [-0.15, -0.1) is 10.2 Å². The zero-order valence-corrected chi connectivity index (χ0v) is 18.7. The van der Waals surface area contributed by atoms with Gasteiger partial charge >= 0.3 is 0 Å². The number of hydrogen-bond acceptors (Lipinski definition) is 5. The number of para-hydroxylation sites is 1. The van der Waals surface area contributed by atoms with E-state index in [1.807, 2.05) is 0 Å². The molecule has 30 heavy (non-hydrogen) atoms. The SMILES string of the molecule is Cn1c(CNC(=O)c2ccc(Cl)cc2Cl)nnc1SCC(=O)Nc1ccccc1Cl. The van der Waals surface area contributed by atoms with Crippen molar-refractivity contribution in [3.63, 3.8) is 0 Å². The molecule has 11 heteroatoms. The molecule has 0 saturated heterocycles. The first kappa shape index (κ1) is 22.4. The molecule has 3 aromatic rings.